The van der Waals surface area contributed by atoms with E-state index < -0.39 is 97.5 Å². The molecule has 0 aliphatic rings. The van der Waals surface area contributed by atoms with E-state index in [2.05, 4.69) is 27.7 Å². The number of aliphatic hydroxyl groups excluding tert-OH is 1. The van der Waals surface area contributed by atoms with Crippen LogP contribution < -0.4 is 0 Å². The van der Waals surface area contributed by atoms with E-state index >= 15 is 0 Å². The maximum atomic E-state index is 13.1. The monoisotopic (exact) mass is 1480 g/mol. The molecule has 0 spiro atoms. The highest BCUT2D eigenvalue weighted by molar-refractivity contribution is 7.47. The highest BCUT2D eigenvalue weighted by Gasteiger charge is 2.30. The fourth-order valence-corrected chi connectivity index (χ4v) is 14.4. The van der Waals surface area contributed by atoms with Gasteiger partial charge in [0.05, 0.1) is 26.4 Å². The molecule has 0 amide bonds. The maximum absolute atomic E-state index is 13.1. The lowest BCUT2D eigenvalue weighted by molar-refractivity contribution is -0.161. The Labute approximate surface area is 619 Å². The van der Waals surface area contributed by atoms with Crippen molar-refractivity contribution in [3.8, 4) is 0 Å². The Kier molecular flexibility index (Phi) is 74.8. The first kappa shape index (κ1) is 99.1. The number of esters is 4. The van der Waals surface area contributed by atoms with Gasteiger partial charge in [0, 0.05) is 25.7 Å². The molecule has 5 atom stereocenters. The van der Waals surface area contributed by atoms with E-state index in [9.17, 15) is 43.2 Å². The van der Waals surface area contributed by atoms with Crippen molar-refractivity contribution < 1.29 is 80.2 Å². The Balaban J connectivity index is 5.19. The van der Waals surface area contributed by atoms with Crippen LogP contribution in [-0.4, -0.2) is 96.7 Å². The lowest BCUT2D eigenvalue weighted by Gasteiger charge is -2.21. The van der Waals surface area contributed by atoms with Gasteiger partial charge in [0.15, 0.2) is 12.2 Å². The van der Waals surface area contributed by atoms with E-state index in [4.69, 9.17) is 37.0 Å². The van der Waals surface area contributed by atoms with E-state index in [-0.39, 0.29) is 25.7 Å². The number of phosphoric acid groups is 2. The normalized spacial score (nSPS) is 13.8. The summed E-state index contributed by atoms with van der Waals surface area (Å²) in [5.74, 6) is -2.11. The van der Waals surface area contributed by atoms with Crippen LogP contribution in [0.15, 0.2) is 0 Å². The Morgan fingerprint density at radius 3 is 0.584 bits per heavy atom. The molecule has 0 aromatic heterocycles. The number of carbonyl (C=O) groups excluding carboxylic acids is 4. The van der Waals surface area contributed by atoms with Crippen LogP contribution in [0.2, 0.25) is 0 Å². The van der Waals surface area contributed by atoms with E-state index in [1.165, 1.54) is 276 Å². The number of rotatable bonds is 83. The molecule has 0 rings (SSSR count). The molecule has 0 bridgehead atoms. The molecule has 19 heteroatoms. The summed E-state index contributed by atoms with van der Waals surface area (Å²) in [6, 6.07) is 0. The third-order valence-corrected chi connectivity index (χ3v) is 21.3. The third-order valence-electron chi connectivity index (χ3n) is 19.4. The molecule has 0 aliphatic carbocycles. The largest absolute Gasteiger partial charge is 0.472 e. The predicted molar refractivity (Wildman–Crippen MR) is 414 cm³/mol. The highest BCUT2D eigenvalue weighted by Crippen LogP contribution is 2.45. The second kappa shape index (κ2) is 76.3. The second-order valence-corrected chi connectivity index (χ2v) is 32.4. The number of ether oxygens (including phenoxy) is 4. The van der Waals surface area contributed by atoms with Gasteiger partial charge in [-0.3, -0.25) is 37.3 Å². The molecule has 0 radical (unpaired) electrons. The fourth-order valence-electron chi connectivity index (χ4n) is 12.8. The molecule has 600 valence electrons. The SMILES string of the molecule is CCCCCCCCCCCCCCCCCCCCCC(=O)OC[C@H](COP(=O)(O)OC[C@@H](O)COP(=O)(O)OC[C@@H](COC(=O)CCCCCCCCCC)OC(=O)CCCCCCCCCCCCCCCCC)OC(=O)CCCCCCCCCCCCCCCCCCCCC. The van der Waals surface area contributed by atoms with E-state index in [1.807, 2.05) is 0 Å². The molecule has 17 nitrogen and oxygen atoms in total. The van der Waals surface area contributed by atoms with Gasteiger partial charge in [-0.25, -0.2) is 9.13 Å². The molecule has 0 fully saturated rings. The topological polar surface area (TPSA) is 237 Å². The van der Waals surface area contributed by atoms with Crippen LogP contribution in [0, 0.1) is 0 Å². The Bertz CT molecular complexity index is 1910. The molecule has 101 heavy (non-hydrogen) atoms. The summed E-state index contributed by atoms with van der Waals surface area (Å²) in [5.41, 5.74) is 0. The molecule has 2 unspecified atom stereocenters. The van der Waals surface area contributed by atoms with Crippen molar-refractivity contribution in [2.24, 2.45) is 0 Å². The molecule has 0 saturated heterocycles. The molecule has 0 saturated carbocycles. The van der Waals surface area contributed by atoms with Gasteiger partial charge in [0.2, 0.25) is 0 Å². The van der Waals surface area contributed by atoms with E-state index in [1.54, 1.807) is 0 Å². The zero-order valence-electron chi connectivity index (χ0n) is 65.9. The van der Waals surface area contributed by atoms with Gasteiger partial charge in [-0.2, -0.15) is 0 Å². The average molecular weight is 1480 g/mol. The van der Waals surface area contributed by atoms with Gasteiger partial charge in [-0.05, 0) is 25.7 Å². The van der Waals surface area contributed by atoms with Crippen LogP contribution in [0.3, 0.4) is 0 Å². The molecular weight excluding hydrogens is 1320 g/mol. The molecular formula is C82H160O17P2. The van der Waals surface area contributed by atoms with Crippen molar-refractivity contribution in [2.45, 2.75) is 463 Å². The summed E-state index contributed by atoms with van der Waals surface area (Å²) in [6.45, 7) is 5.01. The zero-order valence-corrected chi connectivity index (χ0v) is 67.7. The highest BCUT2D eigenvalue weighted by atomic mass is 31.2. The van der Waals surface area contributed by atoms with Gasteiger partial charge < -0.3 is 33.8 Å². The van der Waals surface area contributed by atoms with Gasteiger partial charge in [0.1, 0.15) is 19.3 Å². The van der Waals surface area contributed by atoms with E-state index in [0.29, 0.717) is 25.7 Å². The molecule has 0 aromatic rings. The Morgan fingerprint density at radius 2 is 0.396 bits per heavy atom. The third kappa shape index (κ3) is 76.1. The Morgan fingerprint density at radius 1 is 0.238 bits per heavy atom. The molecule has 0 aliphatic heterocycles. The zero-order chi connectivity index (χ0) is 73.9. The van der Waals surface area contributed by atoms with Gasteiger partial charge in [-0.1, -0.05) is 394 Å². The summed E-state index contributed by atoms with van der Waals surface area (Å²) in [4.78, 5) is 73.0. The number of aliphatic hydroxyl groups is 1. The van der Waals surface area contributed by atoms with Gasteiger partial charge in [-0.15, -0.1) is 0 Å². The first-order valence-electron chi connectivity index (χ1n) is 42.8. The summed E-state index contributed by atoms with van der Waals surface area (Å²) < 4.78 is 68.7. The molecule has 0 heterocycles. The summed E-state index contributed by atoms with van der Waals surface area (Å²) in [5, 5.41) is 10.6. The summed E-state index contributed by atoms with van der Waals surface area (Å²) >= 11 is 0. The number of carbonyl (C=O) groups is 4. The van der Waals surface area contributed by atoms with Crippen molar-refractivity contribution in [3.63, 3.8) is 0 Å². The van der Waals surface area contributed by atoms with Crippen LogP contribution >= 0.6 is 15.6 Å². The van der Waals surface area contributed by atoms with E-state index in [0.717, 1.165) is 89.9 Å². The first-order valence-corrected chi connectivity index (χ1v) is 45.8. The van der Waals surface area contributed by atoms with Gasteiger partial charge in [0.25, 0.3) is 0 Å². The van der Waals surface area contributed by atoms with Crippen molar-refractivity contribution in [1.29, 1.82) is 0 Å². The smallest absolute Gasteiger partial charge is 0.462 e. The quantitative estimate of drug-likeness (QED) is 0.0222. The van der Waals surface area contributed by atoms with Crippen LogP contribution in [0.25, 0.3) is 0 Å². The van der Waals surface area contributed by atoms with Gasteiger partial charge >= 0.3 is 39.5 Å². The van der Waals surface area contributed by atoms with Crippen LogP contribution in [-0.2, 0) is 65.4 Å². The van der Waals surface area contributed by atoms with Crippen LogP contribution in [0.4, 0.5) is 0 Å². The predicted octanol–water partition coefficient (Wildman–Crippen LogP) is 25.0. The van der Waals surface area contributed by atoms with Crippen molar-refractivity contribution in [3.05, 3.63) is 0 Å². The summed E-state index contributed by atoms with van der Waals surface area (Å²) in [7, 11) is -9.91. The molecule has 3 N–H and O–H groups in total. The first-order chi connectivity index (χ1) is 49.2. The minimum absolute atomic E-state index is 0.109. The maximum Gasteiger partial charge on any atom is 0.472 e. The lowest BCUT2D eigenvalue weighted by Crippen LogP contribution is -2.30. The van der Waals surface area contributed by atoms with Crippen molar-refractivity contribution >= 4 is 39.5 Å². The van der Waals surface area contributed by atoms with Crippen molar-refractivity contribution in [1.82, 2.24) is 0 Å². The number of hydrogen-bond acceptors (Lipinski definition) is 15. The average Bonchev–Trinajstić information content (AvgIpc) is 0.953. The second-order valence-electron chi connectivity index (χ2n) is 29.5. The molecule has 0 aromatic carbocycles. The minimum Gasteiger partial charge on any atom is -0.462 e. The number of phosphoric ester groups is 2. The fraction of sp³-hybridized carbons (Fsp3) is 0.951. The standard InChI is InChI=1S/C82H160O17P2/c1-5-9-13-17-21-25-28-31-34-36-38-40-43-45-48-51-55-59-63-67-80(85)93-73-78(99-82(87)69-65-61-57-53-50-47-44-41-39-37-35-32-29-26-22-18-14-10-6-2)75-97-101(90,91)95-71-76(83)70-94-100(88,89)96-74-77(72-92-79(84)66-62-58-54-24-20-16-12-8-4)98-81(86)68-64-60-56-52-49-46-42-33-30-27-23-19-15-11-7-3/h76-78,83H,5-75H2,1-4H3,(H,88,89)(H,90,91)/t76-,77+,78+/m0/s1. The summed E-state index contributed by atoms with van der Waals surface area (Å²) in [6.07, 6.45) is 69.5. The van der Waals surface area contributed by atoms with Crippen LogP contribution in [0.1, 0.15) is 445 Å². The Hall–Kier alpha value is -1.94. The minimum atomic E-state index is -4.96. The number of hydrogen-bond donors (Lipinski definition) is 3. The lowest BCUT2D eigenvalue weighted by atomic mass is 10.0. The van der Waals surface area contributed by atoms with Crippen molar-refractivity contribution in [2.75, 3.05) is 39.6 Å². The van der Waals surface area contributed by atoms with Crippen LogP contribution in [0.5, 0.6) is 0 Å². The number of unbranched alkanes of at least 4 members (excludes halogenated alkanes) is 57.